The zero-order valence-electron chi connectivity index (χ0n) is 11.6. The van der Waals surface area contributed by atoms with Crippen molar-refractivity contribution in [1.82, 2.24) is 0 Å². The number of carbonyl (C=O) groups excluding carboxylic acids is 1. The first-order valence-corrected chi connectivity index (χ1v) is 7.58. The fraction of sp³-hybridized carbons (Fsp3) is 0.278. The van der Waals surface area contributed by atoms with Crippen LogP contribution in [0.1, 0.15) is 35.4 Å². The van der Waals surface area contributed by atoms with Gasteiger partial charge in [-0.3, -0.25) is 4.79 Å². The Kier molecular flexibility index (Phi) is 4.07. The third-order valence-corrected chi connectivity index (χ3v) is 4.58. The molecule has 2 aromatic rings. The first-order valence-electron chi connectivity index (χ1n) is 7.20. The Morgan fingerprint density at radius 2 is 2.00 bits per heavy atom. The first-order chi connectivity index (χ1) is 10.2. The second kappa shape index (κ2) is 5.98. The van der Waals surface area contributed by atoms with E-state index in [9.17, 15) is 9.18 Å². The Balaban J connectivity index is 1.85. The minimum absolute atomic E-state index is 0.0648. The third-order valence-electron chi connectivity index (χ3n) is 4.15. The molecule has 1 nitrogen and oxygen atoms in total. The van der Waals surface area contributed by atoms with E-state index in [0.717, 1.165) is 24.8 Å². The van der Waals surface area contributed by atoms with Crippen molar-refractivity contribution in [2.45, 2.75) is 31.6 Å². The number of halogens is 2. The Hall–Kier alpha value is -1.67. The number of fused-ring (bicyclic) bond motifs is 1. The molecule has 0 amide bonds. The number of Topliss-reactive ketones (excluding diaryl/α,β-unsaturated/α-hetero) is 1. The molecule has 21 heavy (non-hydrogen) atoms. The molecule has 1 unspecified atom stereocenters. The fourth-order valence-electron chi connectivity index (χ4n) is 3.08. The molecule has 0 heterocycles. The summed E-state index contributed by atoms with van der Waals surface area (Å²) in [7, 11) is 0. The second-order valence-electron chi connectivity index (χ2n) is 5.50. The Morgan fingerprint density at radius 1 is 1.19 bits per heavy atom. The van der Waals surface area contributed by atoms with Gasteiger partial charge in [0.15, 0.2) is 0 Å². The van der Waals surface area contributed by atoms with Gasteiger partial charge >= 0.3 is 0 Å². The van der Waals surface area contributed by atoms with Crippen LogP contribution in [-0.4, -0.2) is 5.78 Å². The van der Waals surface area contributed by atoms with Crippen LogP contribution < -0.4 is 0 Å². The van der Waals surface area contributed by atoms with Crippen molar-refractivity contribution < 1.29 is 9.18 Å². The maximum Gasteiger partial charge on any atom is 0.144 e. The predicted molar refractivity (Wildman–Crippen MR) is 82.2 cm³/mol. The van der Waals surface area contributed by atoms with Gasteiger partial charge in [0.05, 0.1) is 5.02 Å². The highest BCUT2D eigenvalue weighted by atomic mass is 35.5. The van der Waals surface area contributed by atoms with Crippen LogP contribution in [0, 0.1) is 5.82 Å². The van der Waals surface area contributed by atoms with Gasteiger partial charge in [0.2, 0.25) is 0 Å². The van der Waals surface area contributed by atoms with Gasteiger partial charge in [0.25, 0.3) is 0 Å². The molecule has 1 aliphatic carbocycles. The lowest BCUT2D eigenvalue weighted by Gasteiger charge is -2.24. The summed E-state index contributed by atoms with van der Waals surface area (Å²) in [5, 5.41) is 0.0648. The smallest absolute Gasteiger partial charge is 0.144 e. The van der Waals surface area contributed by atoms with E-state index in [1.54, 1.807) is 12.1 Å². The van der Waals surface area contributed by atoms with Crippen molar-refractivity contribution >= 4 is 17.4 Å². The Bertz CT molecular complexity index is 681. The highest BCUT2D eigenvalue weighted by Gasteiger charge is 2.26. The van der Waals surface area contributed by atoms with Crippen molar-refractivity contribution in [2.24, 2.45) is 0 Å². The topological polar surface area (TPSA) is 17.1 Å². The summed E-state index contributed by atoms with van der Waals surface area (Å²) in [6, 6.07) is 12.7. The van der Waals surface area contributed by atoms with Crippen LogP contribution in [-0.2, 0) is 17.6 Å². The summed E-state index contributed by atoms with van der Waals surface area (Å²) in [6.07, 6.45) is 3.10. The molecule has 3 rings (SSSR count). The largest absolute Gasteiger partial charge is 0.299 e. The van der Waals surface area contributed by atoms with Crippen molar-refractivity contribution in [1.29, 1.82) is 0 Å². The van der Waals surface area contributed by atoms with Crippen LogP contribution in [0.3, 0.4) is 0 Å². The Morgan fingerprint density at radius 3 is 2.86 bits per heavy atom. The highest BCUT2D eigenvalue weighted by Crippen LogP contribution is 2.33. The molecule has 3 heteroatoms. The maximum absolute atomic E-state index is 13.5. The quantitative estimate of drug-likeness (QED) is 0.802. The van der Waals surface area contributed by atoms with Crippen molar-refractivity contribution in [2.75, 3.05) is 0 Å². The molecule has 0 fully saturated rings. The standard InChI is InChI=1S/C18H16ClFO/c19-18-13(7-4-10-16(18)20)11-17(21)15-9-3-6-12-5-1-2-8-14(12)15/h1-2,4-5,7-8,10,15H,3,6,9,11H2. The van der Waals surface area contributed by atoms with E-state index in [-0.39, 0.29) is 23.1 Å². The van der Waals surface area contributed by atoms with Gasteiger partial charge in [-0.15, -0.1) is 0 Å². The van der Waals surface area contributed by atoms with Crippen LogP contribution in [0.25, 0.3) is 0 Å². The molecule has 0 aromatic heterocycles. The van der Waals surface area contributed by atoms with E-state index >= 15 is 0 Å². The van der Waals surface area contributed by atoms with Gasteiger partial charge in [0, 0.05) is 12.3 Å². The minimum atomic E-state index is -0.467. The lowest BCUT2D eigenvalue weighted by molar-refractivity contribution is -0.120. The van der Waals surface area contributed by atoms with Crippen molar-refractivity contribution in [3.63, 3.8) is 0 Å². The Labute approximate surface area is 128 Å². The number of ketones is 1. The molecule has 0 saturated carbocycles. The summed E-state index contributed by atoms with van der Waals surface area (Å²) >= 11 is 5.95. The molecular weight excluding hydrogens is 287 g/mol. The van der Waals surface area contributed by atoms with E-state index in [1.165, 1.54) is 11.6 Å². The van der Waals surface area contributed by atoms with Crippen LogP contribution in [0.15, 0.2) is 42.5 Å². The zero-order valence-corrected chi connectivity index (χ0v) is 12.4. The highest BCUT2D eigenvalue weighted by molar-refractivity contribution is 6.31. The fourth-order valence-corrected chi connectivity index (χ4v) is 3.28. The van der Waals surface area contributed by atoms with Gasteiger partial charge in [-0.05, 0) is 42.0 Å². The van der Waals surface area contributed by atoms with E-state index in [0.29, 0.717) is 5.56 Å². The lowest BCUT2D eigenvalue weighted by atomic mass is 9.79. The number of aryl methyl sites for hydroxylation is 1. The molecule has 0 radical (unpaired) electrons. The zero-order chi connectivity index (χ0) is 14.8. The van der Waals surface area contributed by atoms with Gasteiger partial charge in [-0.1, -0.05) is 48.0 Å². The van der Waals surface area contributed by atoms with E-state index in [4.69, 9.17) is 11.6 Å². The average molecular weight is 303 g/mol. The van der Waals surface area contributed by atoms with Gasteiger partial charge in [0.1, 0.15) is 11.6 Å². The van der Waals surface area contributed by atoms with Crippen LogP contribution in [0.2, 0.25) is 5.02 Å². The minimum Gasteiger partial charge on any atom is -0.299 e. The van der Waals surface area contributed by atoms with Crippen molar-refractivity contribution in [3.05, 3.63) is 70.0 Å². The summed E-state index contributed by atoms with van der Waals surface area (Å²) in [6.45, 7) is 0. The second-order valence-corrected chi connectivity index (χ2v) is 5.88. The number of carbonyl (C=O) groups is 1. The molecule has 1 aliphatic rings. The average Bonchev–Trinajstić information content (AvgIpc) is 2.51. The molecule has 0 N–H and O–H groups in total. The molecule has 0 bridgehead atoms. The van der Waals surface area contributed by atoms with Gasteiger partial charge in [-0.2, -0.15) is 0 Å². The molecular formula is C18H16ClFO. The predicted octanol–water partition coefficient (Wildman–Crippen LogP) is 4.71. The molecule has 0 saturated heterocycles. The van der Waals surface area contributed by atoms with Crippen LogP contribution in [0.5, 0.6) is 0 Å². The summed E-state index contributed by atoms with van der Waals surface area (Å²) in [4.78, 5) is 12.6. The van der Waals surface area contributed by atoms with Crippen LogP contribution >= 0.6 is 11.6 Å². The number of hydrogen-bond acceptors (Lipinski definition) is 1. The van der Waals surface area contributed by atoms with Gasteiger partial charge in [-0.25, -0.2) is 4.39 Å². The maximum atomic E-state index is 13.5. The molecule has 1 atom stereocenters. The molecule has 0 aliphatic heterocycles. The number of benzene rings is 2. The SMILES string of the molecule is O=C(Cc1cccc(F)c1Cl)C1CCCc2ccccc21. The van der Waals surface area contributed by atoms with E-state index in [1.807, 2.05) is 18.2 Å². The van der Waals surface area contributed by atoms with E-state index < -0.39 is 5.82 Å². The molecule has 2 aromatic carbocycles. The first kappa shape index (κ1) is 14.3. The normalized spacial score (nSPS) is 17.3. The number of rotatable bonds is 3. The number of hydrogen-bond donors (Lipinski definition) is 0. The molecule has 108 valence electrons. The van der Waals surface area contributed by atoms with Gasteiger partial charge < -0.3 is 0 Å². The molecule has 0 spiro atoms. The van der Waals surface area contributed by atoms with Crippen molar-refractivity contribution in [3.8, 4) is 0 Å². The van der Waals surface area contributed by atoms with Crippen LogP contribution in [0.4, 0.5) is 4.39 Å². The summed E-state index contributed by atoms with van der Waals surface area (Å²) < 4.78 is 13.5. The van der Waals surface area contributed by atoms with E-state index in [2.05, 4.69) is 6.07 Å². The lowest BCUT2D eigenvalue weighted by Crippen LogP contribution is -2.20. The summed E-state index contributed by atoms with van der Waals surface area (Å²) in [5.41, 5.74) is 2.96. The monoisotopic (exact) mass is 302 g/mol. The summed E-state index contributed by atoms with van der Waals surface area (Å²) in [5.74, 6) is -0.435. The third kappa shape index (κ3) is 2.86.